The average molecular weight is 198 g/mol. The van der Waals surface area contributed by atoms with Gasteiger partial charge in [0, 0.05) is 6.07 Å². The molecular formula is C9H10O5. The molecular weight excluding hydrogens is 188 g/mol. The Morgan fingerprint density at radius 2 is 1.93 bits per heavy atom. The SMILES string of the molecule is COc1cc(O)cc(C(=O)O)c1OC. The molecule has 1 aromatic carbocycles. The summed E-state index contributed by atoms with van der Waals surface area (Å²) in [6.07, 6.45) is 0. The zero-order valence-electron chi connectivity index (χ0n) is 7.77. The molecule has 0 saturated carbocycles. The van der Waals surface area contributed by atoms with E-state index in [0.29, 0.717) is 0 Å². The highest BCUT2D eigenvalue weighted by atomic mass is 16.5. The van der Waals surface area contributed by atoms with Crippen LogP contribution < -0.4 is 9.47 Å². The van der Waals surface area contributed by atoms with Gasteiger partial charge in [0.2, 0.25) is 0 Å². The molecule has 0 amide bonds. The van der Waals surface area contributed by atoms with E-state index in [4.69, 9.17) is 14.6 Å². The fraction of sp³-hybridized carbons (Fsp3) is 0.222. The standard InChI is InChI=1S/C9H10O5/c1-13-7-4-5(10)3-6(9(11)12)8(7)14-2/h3-4,10H,1-2H3,(H,11,12). The summed E-state index contributed by atoms with van der Waals surface area (Å²) in [5.41, 5.74) is -0.135. The molecule has 76 valence electrons. The lowest BCUT2D eigenvalue weighted by molar-refractivity contribution is 0.0692. The molecule has 0 unspecified atom stereocenters. The van der Waals surface area contributed by atoms with E-state index in [1.807, 2.05) is 0 Å². The Morgan fingerprint density at radius 1 is 1.29 bits per heavy atom. The van der Waals surface area contributed by atoms with Crippen LogP contribution >= 0.6 is 0 Å². The first-order valence-electron chi connectivity index (χ1n) is 3.78. The number of carbonyl (C=O) groups is 1. The molecule has 0 radical (unpaired) electrons. The van der Waals surface area contributed by atoms with Gasteiger partial charge in [-0.1, -0.05) is 0 Å². The molecule has 0 aliphatic carbocycles. The van der Waals surface area contributed by atoms with Crippen molar-refractivity contribution in [3.05, 3.63) is 17.7 Å². The first kappa shape index (κ1) is 10.2. The Bertz CT molecular complexity index is 358. The lowest BCUT2D eigenvalue weighted by Crippen LogP contribution is -2.02. The van der Waals surface area contributed by atoms with Crippen molar-refractivity contribution in [3.63, 3.8) is 0 Å². The van der Waals surface area contributed by atoms with Crippen molar-refractivity contribution in [1.29, 1.82) is 0 Å². The number of carboxylic acid groups (broad SMARTS) is 1. The third-order valence-corrected chi connectivity index (χ3v) is 1.69. The fourth-order valence-corrected chi connectivity index (χ4v) is 1.11. The number of hydrogen-bond donors (Lipinski definition) is 2. The number of hydrogen-bond acceptors (Lipinski definition) is 4. The van der Waals surface area contributed by atoms with Crippen LogP contribution in [0.15, 0.2) is 12.1 Å². The number of aromatic carboxylic acids is 1. The third kappa shape index (κ3) is 1.71. The van der Waals surface area contributed by atoms with Crippen molar-refractivity contribution in [3.8, 4) is 17.2 Å². The molecule has 0 fully saturated rings. The Morgan fingerprint density at radius 3 is 2.36 bits per heavy atom. The van der Waals surface area contributed by atoms with Crippen LogP contribution in [0.1, 0.15) is 10.4 Å². The first-order valence-corrected chi connectivity index (χ1v) is 3.78. The smallest absolute Gasteiger partial charge is 0.339 e. The van der Waals surface area contributed by atoms with E-state index >= 15 is 0 Å². The zero-order valence-corrected chi connectivity index (χ0v) is 7.77. The van der Waals surface area contributed by atoms with Gasteiger partial charge >= 0.3 is 5.97 Å². The molecule has 5 nitrogen and oxygen atoms in total. The highest BCUT2D eigenvalue weighted by Crippen LogP contribution is 2.34. The van der Waals surface area contributed by atoms with Crippen molar-refractivity contribution in [1.82, 2.24) is 0 Å². The van der Waals surface area contributed by atoms with Gasteiger partial charge in [-0.2, -0.15) is 0 Å². The minimum absolute atomic E-state index is 0.0952. The lowest BCUT2D eigenvalue weighted by atomic mass is 10.1. The Labute approximate surface area is 80.5 Å². The van der Waals surface area contributed by atoms with Crippen LogP contribution in [0.25, 0.3) is 0 Å². The molecule has 0 aromatic heterocycles. The minimum Gasteiger partial charge on any atom is -0.508 e. The molecule has 0 atom stereocenters. The molecule has 0 heterocycles. The van der Waals surface area contributed by atoms with Crippen LogP contribution in [-0.2, 0) is 0 Å². The van der Waals surface area contributed by atoms with Gasteiger partial charge < -0.3 is 19.7 Å². The van der Waals surface area contributed by atoms with Crippen LogP contribution in [0, 0.1) is 0 Å². The Kier molecular flexibility index (Phi) is 2.81. The quantitative estimate of drug-likeness (QED) is 0.760. The van der Waals surface area contributed by atoms with Crippen molar-refractivity contribution in [2.75, 3.05) is 14.2 Å². The predicted molar refractivity (Wildman–Crippen MR) is 48.2 cm³/mol. The highest BCUT2D eigenvalue weighted by Gasteiger charge is 2.17. The number of phenols is 1. The van der Waals surface area contributed by atoms with Gasteiger partial charge in [0.1, 0.15) is 11.3 Å². The summed E-state index contributed by atoms with van der Waals surface area (Å²) < 4.78 is 9.73. The van der Waals surface area contributed by atoms with Crippen LogP contribution in [0.2, 0.25) is 0 Å². The summed E-state index contributed by atoms with van der Waals surface area (Å²) in [5, 5.41) is 18.0. The number of aromatic hydroxyl groups is 1. The van der Waals surface area contributed by atoms with Crippen molar-refractivity contribution >= 4 is 5.97 Å². The minimum atomic E-state index is -1.18. The summed E-state index contributed by atoms with van der Waals surface area (Å²) in [6.45, 7) is 0. The number of ether oxygens (including phenoxy) is 2. The predicted octanol–water partition coefficient (Wildman–Crippen LogP) is 1.11. The summed E-state index contributed by atoms with van der Waals surface area (Å²) in [6, 6.07) is 2.38. The van der Waals surface area contributed by atoms with E-state index in [9.17, 15) is 9.90 Å². The van der Waals surface area contributed by atoms with E-state index < -0.39 is 5.97 Å². The number of benzene rings is 1. The van der Waals surface area contributed by atoms with Gasteiger partial charge in [-0.05, 0) is 6.07 Å². The molecule has 0 spiro atoms. The lowest BCUT2D eigenvalue weighted by Gasteiger charge is -2.10. The molecule has 1 aromatic rings. The number of methoxy groups -OCH3 is 2. The van der Waals surface area contributed by atoms with Gasteiger partial charge in [0.25, 0.3) is 0 Å². The molecule has 5 heteroatoms. The maximum absolute atomic E-state index is 10.8. The van der Waals surface area contributed by atoms with Crippen LogP contribution in [0.3, 0.4) is 0 Å². The maximum Gasteiger partial charge on any atom is 0.339 e. The molecule has 0 aliphatic heterocycles. The molecule has 14 heavy (non-hydrogen) atoms. The average Bonchev–Trinajstić information content (AvgIpc) is 2.16. The van der Waals surface area contributed by atoms with Crippen molar-refractivity contribution in [2.24, 2.45) is 0 Å². The van der Waals surface area contributed by atoms with Gasteiger partial charge in [0.05, 0.1) is 14.2 Å². The van der Waals surface area contributed by atoms with E-state index in [-0.39, 0.29) is 22.8 Å². The van der Waals surface area contributed by atoms with Gasteiger partial charge in [-0.15, -0.1) is 0 Å². The maximum atomic E-state index is 10.8. The van der Waals surface area contributed by atoms with Crippen molar-refractivity contribution in [2.45, 2.75) is 0 Å². The van der Waals surface area contributed by atoms with E-state index in [1.54, 1.807) is 0 Å². The molecule has 0 bridgehead atoms. The topological polar surface area (TPSA) is 76.0 Å². The largest absolute Gasteiger partial charge is 0.508 e. The van der Waals surface area contributed by atoms with Crippen LogP contribution in [0.4, 0.5) is 0 Å². The Balaban J connectivity index is 3.39. The summed E-state index contributed by atoms with van der Waals surface area (Å²) >= 11 is 0. The second-order valence-electron chi connectivity index (χ2n) is 2.53. The van der Waals surface area contributed by atoms with E-state index in [2.05, 4.69) is 0 Å². The third-order valence-electron chi connectivity index (χ3n) is 1.69. The van der Waals surface area contributed by atoms with Gasteiger partial charge in [0.15, 0.2) is 11.5 Å². The summed E-state index contributed by atoms with van der Waals surface area (Å²) in [5.74, 6) is -1.08. The number of carboxylic acids is 1. The number of rotatable bonds is 3. The van der Waals surface area contributed by atoms with Crippen LogP contribution in [-0.4, -0.2) is 30.4 Å². The Hall–Kier alpha value is -1.91. The highest BCUT2D eigenvalue weighted by molar-refractivity contribution is 5.92. The summed E-state index contributed by atoms with van der Waals surface area (Å²) in [4.78, 5) is 10.8. The number of phenolic OH excluding ortho intramolecular Hbond substituents is 1. The monoisotopic (exact) mass is 198 g/mol. The van der Waals surface area contributed by atoms with Gasteiger partial charge in [-0.3, -0.25) is 0 Å². The molecule has 1 rings (SSSR count). The van der Waals surface area contributed by atoms with Gasteiger partial charge in [-0.25, -0.2) is 4.79 Å². The normalized spacial score (nSPS) is 9.57. The molecule has 2 N–H and O–H groups in total. The zero-order chi connectivity index (χ0) is 10.7. The van der Waals surface area contributed by atoms with E-state index in [1.165, 1.54) is 20.3 Å². The van der Waals surface area contributed by atoms with Crippen molar-refractivity contribution < 1.29 is 24.5 Å². The fourth-order valence-electron chi connectivity index (χ4n) is 1.11. The first-order chi connectivity index (χ1) is 6.60. The van der Waals surface area contributed by atoms with Crippen LogP contribution in [0.5, 0.6) is 17.2 Å². The molecule has 0 aliphatic rings. The molecule has 0 saturated heterocycles. The van der Waals surface area contributed by atoms with E-state index in [0.717, 1.165) is 6.07 Å². The second-order valence-corrected chi connectivity index (χ2v) is 2.53. The summed E-state index contributed by atoms with van der Waals surface area (Å²) in [7, 11) is 2.70. The second kappa shape index (κ2) is 3.87.